The highest BCUT2D eigenvalue weighted by molar-refractivity contribution is 5.84. The molecule has 0 aliphatic rings. The number of carbonyl (C=O) groups is 2. The maximum atomic E-state index is 11.6. The molecule has 0 radical (unpaired) electrons. The van der Waals surface area contributed by atoms with Gasteiger partial charge < -0.3 is 20.1 Å². The van der Waals surface area contributed by atoms with Crippen LogP contribution in [0.5, 0.6) is 5.75 Å². The number of hydrogen-bond acceptors (Lipinski definition) is 4. The predicted octanol–water partition coefficient (Wildman–Crippen LogP) is 0.854. The van der Waals surface area contributed by atoms with E-state index in [-0.39, 0.29) is 24.8 Å². The molecule has 2 N–H and O–H groups in total. The molecule has 116 valence electrons. The smallest absolute Gasteiger partial charge is 0.239 e. The summed E-state index contributed by atoms with van der Waals surface area (Å²) in [6.07, 6.45) is 0.263. The van der Waals surface area contributed by atoms with E-state index in [4.69, 9.17) is 9.47 Å². The molecule has 0 unspecified atom stereocenters. The Labute approximate surface area is 124 Å². The standard InChI is InChI=1S/C15H22N2O4/c1-3-21-9-8-14(18)17-11-15(19)16-10-12-4-6-13(20-2)7-5-12/h4-7H,3,8-11H2,1-2H3,(H,16,19)(H,17,18). The molecule has 0 heterocycles. The van der Waals surface area contributed by atoms with Gasteiger partial charge in [-0.3, -0.25) is 9.59 Å². The van der Waals surface area contributed by atoms with Crippen LogP contribution in [0.3, 0.4) is 0 Å². The van der Waals surface area contributed by atoms with Gasteiger partial charge in [0.2, 0.25) is 11.8 Å². The van der Waals surface area contributed by atoms with Gasteiger partial charge in [-0.1, -0.05) is 12.1 Å². The minimum atomic E-state index is -0.226. The molecular formula is C15H22N2O4. The first-order chi connectivity index (χ1) is 10.2. The minimum Gasteiger partial charge on any atom is -0.497 e. The Morgan fingerprint density at radius 3 is 2.43 bits per heavy atom. The van der Waals surface area contributed by atoms with Crippen LogP contribution in [0.25, 0.3) is 0 Å². The molecule has 1 aromatic rings. The number of nitrogens with one attached hydrogen (secondary N) is 2. The second-order valence-corrected chi connectivity index (χ2v) is 4.35. The number of carbonyl (C=O) groups excluding carboxylic acids is 2. The first kappa shape index (κ1) is 17.0. The third kappa shape index (κ3) is 7.31. The second-order valence-electron chi connectivity index (χ2n) is 4.35. The highest BCUT2D eigenvalue weighted by atomic mass is 16.5. The summed E-state index contributed by atoms with van der Waals surface area (Å²) in [6.45, 7) is 3.20. The maximum absolute atomic E-state index is 11.6. The third-order valence-corrected chi connectivity index (χ3v) is 2.77. The lowest BCUT2D eigenvalue weighted by Gasteiger charge is -2.08. The largest absolute Gasteiger partial charge is 0.497 e. The molecule has 0 fully saturated rings. The quantitative estimate of drug-likeness (QED) is 0.662. The zero-order chi connectivity index (χ0) is 15.5. The van der Waals surface area contributed by atoms with E-state index >= 15 is 0 Å². The molecule has 6 nitrogen and oxygen atoms in total. The van der Waals surface area contributed by atoms with Crippen molar-refractivity contribution in [2.24, 2.45) is 0 Å². The lowest BCUT2D eigenvalue weighted by molar-refractivity contribution is -0.126. The molecule has 1 rings (SSSR count). The van der Waals surface area contributed by atoms with E-state index in [0.29, 0.717) is 19.8 Å². The van der Waals surface area contributed by atoms with Crippen LogP contribution in [-0.2, 0) is 20.9 Å². The summed E-state index contributed by atoms with van der Waals surface area (Å²) in [4.78, 5) is 23.0. The van der Waals surface area contributed by atoms with Gasteiger partial charge in [0.05, 0.1) is 20.3 Å². The molecule has 0 spiro atoms. The van der Waals surface area contributed by atoms with Crippen molar-refractivity contribution in [3.63, 3.8) is 0 Å². The molecule has 0 aromatic heterocycles. The molecule has 0 saturated carbocycles. The van der Waals surface area contributed by atoms with Gasteiger partial charge in [0.1, 0.15) is 5.75 Å². The predicted molar refractivity (Wildman–Crippen MR) is 79.0 cm³/mol. The second kappa shape index (κ2) is 9.77. The Balaban J connectivity index is 2.19. The van der Waals surface area contributed by atoms with Crippen molar-refractivity contribution in [2.75, 3.05) is 26.9 Å². The molecule has 0 bridgehead atoms. The average Bonchev–Trinajstić information content (AvgIpc) is 2.51. The summed E-state index contributed by atoms with van der Waals surface area (Å²) in [7, 11) is 1.60. The number of benzene rings is 1. The van der Waals surface area contributed by atoms with Gasteiger partial charge in [-0.2, -0.15) is 0 Å². The van der Waals surface area contributed by atoms with Gasteiger partial charge in [-0.05, 0) is 24.6 Å². The van der Waals surface area contributed by atoms with Gasteiger partial charge in [0.25, 0.3) is 0 Å². The molecular weight excluding hydrogens is 272 g/mol. The van der Waals surface area contributed by atoms with Crippen molar-refractivity contribution in [1.29, 1.82) is 0 Å². The third-order valence-electron chi connectivity index (χ3n) is 2.77. The van der Waals surface area contributed by atoms with Crippen molar-refractivity contribution in [3.8, 4) is 5.75 Å². The summed E-state index contributed by atoms with van der Waals surface area (Å²) in [5.41, 5.74) is 0.965. The fourth-order valence-electron chi connectivity index (χ4n) is 1.58. The van der Waals surface area contributed by atoms with Crippen molar-refractivity contribution in [3.05, 3.63) is 29.8 Å². The van der Waals surface area contributed by atoms with Crippen LogP contribution in [0.15, 0.2) is 24.3 Å². The molecule has 1 aromatic carbocycles. The first-order valence-corrected chi connectivity index (χ1v) is 6.89. The molecule has 0 saturated heterocycles. The topological polar surface area (TPSA) is 76.7 Å². The number of rotatable bonds is 9. The minimum absolute atomic E-state index is 0.0267. The average molecular weight is 294 g/mol. The molecule has 0 aliphatic carbocycles. The van der Waals surface area contributed by atoms with Gasteiger partial charge in [0.15, 0.2) is 0 Å². The van der Waals surface area contributed by atoms with Gasteiger partial charge >= 0.3 is 0 Å². The Hall–Kier alpha value is -2.08. The van der Waals surface area contributed by atoms with Crippen LogP contribution < -0.4 is 15.4 Å². The summed E-state index contributed by atoms with van der Waals surface area (Å²) in [5.74, 6) is 0.352. The lowest BCUT2D eigenvalue weighted by atomic mass is 10.2. The fraction of sp³-hybridized carbons (Fsp3) is 0.467. The Morgan fingerprint density at radius 1 is 1.10 bits per heavy atom. The van der Waals surface area contributed by atoms with Crippen LogP contribution >= 0.6 is 0 Å². The van der Waals surface area contributed by atoms with E-state index in [1.165, 1.54) is 0 Å². The molecule has 21 heavy (non-hydrogen) atoms. The highest BCUT2D eigenvalue weighted by Crippen LogP contribution is 2.10. The zero-order valence-electron chi connectivity index (χ0n) is 12.5. The lowest BCUT2D eigenvalue weighted by Crippen LogP contribution is -2.36. The van der Waals surface area contributed by atoms with Gasteiger partial charge in [-0.25, -0.2) is 0 Å². The Bertz CT molecular complexity index is 445. The van der Waals surface area contributed by atoms with Gasteiger partial charge in [-0.15, -0.1) is 0 Å². The van der Waals surface area contributed by atoms with Crippen molar-refractivity contribution >= 4 is 11.8 Å². The van der Waals surface area contributed by atoms with E-state index in [0.717, 1.165) is 11.3 Å². The number of amides is 2. The summed E-state index contributed by atoms with van der Waals surface area (Å²) < 4.78 is 10.1. The Morgan fingerprint density at radius 2 is 1.81 bits per heavy atom. The maximum Gasteiger partial charge on any atom is 0.239 e. The highest BCUT2D eigenvalue weighted by Gasteiger charge is 2.05. The zero-order valence-corrected chi connectivity index (χ0v) is 12.5. The van der Waals surface area contributed by atoms with Crippen molar-refractivity contribution < 1.29 is 19.1 Å². The summed E-state index contributed by atoms with van der Waals surface area (Å²) >= 11 is 0. The van der Waals surface area contributed by atoms with Gasteiger partial charge in [0, 0.05) is 19.6 Å². The van der Waals surface area contributed by atoms with E-state index < -0.39 is 0 Å². The molecule has 2 amide bonds. The number of methoxy groups -OCH3 is 1. The molecule has 6 heteroatoms. The monoisotopic (exact) mass is 294 g/mol. The van der Waals surface area contributed by atoms with Crippen LogP contribution in [0.2, 0.25) is 0 Å². The van der Waals surface area contributed by atoms with Crippen LogP contribution in [0.1, 0.15) is 18.9 Å². The molecule has 0 atom stereocenters. The van der Waals surface area contributed by atoms with Crippen LogP contribution in [0.4, 0.5) is 0 Å². The van der Waals surface area contributed by atoms with Crippen LogP contribution in [0, 0.1) is 0 Å². The van der Waals surface area contributed by atoms with Crippen molar-refractivity contribution in [1.82, 2.24) is 10.6 Å². The summed E-state index contributed by atoms with van der Waals surface area (Å²) in [5, 5.41) is 5.28. The first-order valence-electron chi connectivity index (χ1n) is 6.89. The molecule has 0 aliphatic heterocycles. The van der Waals surface area contributed by atoms with Crippen molar-refractivity contribution in [2.45, 2.75) is 19.9 Å². The number of ether oxygens (including phenoxy) is 2. The SMILES string of the molecule is CCOCCC(=O)NCC(=O)NCc1ccc(OC)cc1. The number of hydrogen-bond donors (Lipinski definition) is 2. The Kier molecular flexibility index (Phi) is 7.89. The van der Waals surface area contributed by atoms with E-state index in [1.54, 1.807) is 7.11 Å². The van der Waals surface area contributed by atoms with Crippen LogP contribution in [-0.4, -0.2) is 38.7 Å². The van der Waals surface area contributed by atoms with E-state index in [9.17, 15) is 9.59 Å². The van der Waals surface area contributed by atoms with E-state index in [2.05, 4.69) is 10.6 Å². The summed E-state index contributed by atoms with van der Waals surface area (Å²) in [6, 6.07) is 7.41. The van der Waals surface area contributed by atoms with E-state index in [1.807, 2.05) is 31.2 Å². The normalized spacial score (nSPS) is 10.0. The fourth-order valence-corrected chi connectivity index (χ4v) is 1.58.